The Morgan fingerprint density at radius 1 is 1.00 bits per heavy atom. The van der Waals surface area contributed by atoms with Crippen LogP contribution in [0.4, 0.5) is 0 Å². The van der Waals surface area contributed by atoms with Crippen molar-refractivity contribution in [2.45, 2.75) is 6.54 Å². The Morgan fingerprint density at radius 3 is 2.00 bits per heavy atom. The van der Waals surface area contributed by atoms with E-state index in [1.165, 1.54) is 0 Å². The highest BCUT2D eigenvalue weighted by Gasteiger charge is 1.92. The Balaban J connectivity index is 0.000000171. The summed E-state index contributed by atoms with van der Waals surface area (Å²) in [4.78, 5) is 0. The van der Waals surface area contributed by atoms with Crippen LogP contribution >= 0.6 is 0 Å². The van der Waals surface area contributed by atoms with E-state index >= 15 is 0 Å². The fourth-order valence-electron chi connectivity index (χ4n) is 1.24. The van der Waals surface area contributed by atoms with Gasteiger partial charge in [-0.1, -0.05) is 36.4 Å². The normalized spacial score (nSPS) is 9.06. The number of nitrogens with two attached hydrogens (primary N) is 1. The standard InChI is InChI=1S/C7H9NO.C7H8O/c8-5-6-3-1-2-4-7(6)9;1-8-7-5-3-2-4-6-7/h1-4,9H,5,8H2;2-6H,1H3. The van der Waals surface area contributed by atoms with E-state index in [0.717, 1.165) is 11.3 Å². The van der Waals surface area contributed by atoms with Gasteiger partial charge in [0.1, 0.15) is 11.5 Å². The molecule has 0 atom stereocenters. The topological polar surface area (TPSA) is 55.5 Å². The number of methoxy groups -OCH3 is 1. The van der Waals surface area contributed by atoms with Crippen molar-refractivity contribution in [3.63, 3.8) is 0 Å². The first-order chi connectivity index (χ1) is 8.27. The van der Waals surface area contributed by atoms with Crippen molar-refractivity contribution < 1.29 is 9.84 Å². The molecule has 0 aliphatic carbocycles. The quantitative estimate of drug-likeness (QED) is 0.835. The number of ether oxygens (including phenoxy) is 1. The fourth-order valence-corrected chi connectivity index (χ4v) is 1.24. The van der Waals surface area contributed by atoms with Crippen LogP contribution in [-0.2, 0) is 6.54 Å². The largest absolute Gasteiger partial charge is 0.508 e. The first kappa shape index (κ1) is 13.1. The maximum Gasteiger partial charge on any atom is 0.120 e. The monoisotopic (exact) mass is 231 g/mol. The number of rotatable bonds is 2. The fraction of sp³-hybridized carbons (Fsp3) is 0.143. The van der Waals surface area contributed by atoms with Gasteiger partial charge in [-0.3, -0.25) is 0 Å². The minimum Gasteiger partial charge on any atom is -0.508 e. The minimum absolute atomic E-state index is 0.278. The van der Waals surface area contributed by atoms with Gasteiger partial charge in [0, 0.05) is 12.1 Å². The van der Waals surface area contributed by atoms with Crippen molar-refractivity contribution in [2.75, 3.05) is 7.11 Å². The average molecular weight is 231 g/mol. The Kier molecular flexibility index (Phi) is 5.61. The van der Waals surface area contributed by atoms with E-state index < -0.39 is 0 Å². The molecule has 0 saturated heterocycles. The highest BCUT2D eigenvalue weighted by Crippen LogP contribution is 2.13. The number of aromatic hydroxyl groups is 1. The molecule has 3 heteroatoms. The molecule has 0 radical (unpaired) electrons. The molecular formula is C14H17NO2. The van der Waals surface area contributed by atoms with E-state index in [1.54, 1.807) is 25.3 Å². The van der Waals surface area contributed by atoms with E-state index in [0.29, 0.717) is 6.54 Å². The molecule has 0 unspecified atom stereocenters. The second-order valence-corrected chi connectivity index (χ2v) is 3.35. The zero-order valence-electron chi connectivity index (χ0n) is 9.84. The van der Waals surface area contributed by atoms with Crippen molar-refractivity contribution in [1.82, 2.24) is 0 Å². The Bertz CT molecular complexity index is 429. The van der Waals surface area contributed by atoms with Crippen molar-refractivity contribution in [3.8, 4) is 11.5 Å². The molecular weight excluding hydrogens is 214 g/mol. The summed E-state index contributed by atoms with van der Waals surface area (Å²) in [5.41, 5.74) is 6.08. The molecule has 0 fully saturated rings. The molecule has 0 aliphatic rings. The molecule has 0 bridgehead atoms. The van der Waals surface area contributed by atoms with Crippen LogP contribution in [0.2, 0.25) is 0 Å². The SMILES string of the molecule is COc1ccccc1.NCc1ccccc1O. The third kappa shape index (κ3) is 4.57. The summed E-state index contributed by atoms with van der Waals surface area (Å²) < 4.78 is 4.91. The number of phenolic OH excluding ortho intramolecular Hbond substituents is 1. The Morgan fingerprint density at radius 2 is 1.59 bits per heavy atom. The summed E-state index contributed by atoms with van der Waals surface area (Å²) in [5.74, 6) is 1.19. The molecule has 0 aromatic heterocycles. The van der Waals surface area contributed by atoms with Crippen LogP contribution in [0.1, 0.15) is 5.56 Å². The van der Waals surface area contributed by atoms with Crippen molar-refractivity contribution in [1.29, 1.82) is 0 Å². The van der Waals surface area contributed by atoms with Crippen LogP contribution in [0.5, 0.6) is 11.5 Å². The maximum atomic E-state index is 9.03. The van der Waals surface area contributed by atoms with Crippen LogP contribution in [0, 0.1) is 0 Å². The number of phenols is 1. The molecule has 0 saturated carbocycles. The van der Waals surface area contributed by atoms with E-state index in [9.17, 15) is 0 Å². The Labute approximate surface area is 101 Å². The smallest absolute Gasteiger partial charge is 0.120 e. The molecule has 2 rings (SSSR count). The summed E-state index contributed by atoms with van der Waals surface area (Å²) in [6, 6.07) is 16.7. The molecule has 3 N–H and O–H groups in total. The van der Waals surface area contributed by atoms with Gasteiger partial charge in [0.15, 0.2) is 0 Å². The molecule has 3 nitrogen and oxygen atoms in total. The lowest BCUT2D eigenvalue weighted by atomic mass is 10.2. The number of hydrogen-bond acceptors (Lipinski definition) is 3. The van der Waals surface area contributed by atoms with Crippen LogP contribution in [0.25, 0.3) is 0 Å². The molecule has 2 aromatic rings. The van der Waals surface area contributed by atoms with E-state index in [2.05, 4.69) is 0 Å². The molecule has 90 valence electrons. The van der Waals surface area contributed by atoms with Crippen LogP contribution in [0.3, 0.4) is 0 Å². The molecule has 2 aromatic carbocycles. The van der Waals surface area contributed by atoms with Gasteiger partial charge in [0.25, 0.3) is 0 Å². The first-order valence-electron chi connectivity index (χ1n) is 5.34. The van der Waals surface area contributed by atoms with Gasteiger partial charge < -0.3 is 15.6 Å². The van der Waals surface area contributed by atoms with Crippen molar-refractivity contribution >= 4 is 0 Å². The van der Waals surface area contributed by atoms with Crippen molar-refractivity contribution in [2.24, 2.45) is 5.73 Å². The van der Waals surface area contributed by atoms with E-state index in [1.807, 2.05) is 36.4 Å². The lowest BCUT2D eigenvalue weighted by Gasteiger charge is -1.97. The summed E-state index contributed by atoms with van der Waals surface area (Å²) in [5, 5.41) is 9.03. The molecule has 0 heterocycles. The van der Waals surface area contributed by atoms with Crippen molar-refractivity contribution in [3.05, 3.63) is 60.2 Å². The predicted octanol–water partition coefficient (Wildman–Crippen LogP) is 2.55. The van der Waals surface area contributed by atoms with Crippen LogP contribution in [-0.4, -0.2) is 12.2 Å². The van der Waals surface area contributed by atoms with Gasteiger partial charge in [-0.2, -0.15) is 0 Å². The summed E-state index contributed by atoms with van der Waals surface area (Å²) in [6.45, 7) is 0.396. The summed E-state index contributed by atoms with van der Waals surface area (Å²) >= 11 is 0. The molecule has 0 spiro atoms. The number of para-hydroxylation sites is 2. The van der Waals surface area contributed by atoms with Crippen LogP contribution < -0.4 is 10.5 Å². The summed E-state index contributed by atoms with van der Waals surface area (Å²) in [7, 11) is 1.66. The second-order valence-electron chi connectivity index (χ2n) is 3.35. The zero-order chi connectivity index (χ0) is 12.5. The second kappa shape index (κ2) is 7.30. The summed E-state index contributed by atoms with van der Waals surface area (Å²) in [6.07, 6.45) is 0. The third-order valence-electron chi connectivity index (χ3n) is 2.19. The lowest BCUT2D eigenvalue weighted by Crippen LogP contribution is -1.95. The Hall–Kier alpha value is -2.00. The average Bonchev–Trinajstić information content (AvgIpc) is 2.41. The lowest BCUT2D eigenvalue weighted by molar-refractivity contribution is 0.415. The highest BCUT2D eigenvalue weighted by molar-refractivity contribution is 5.31. The van der Waals surface area contributed by atoms with Gasteiger partial charge in [-0.25, -0.2) is 0 Å². The van der Waals surface area contributed by atoms with Gasteiger partial charge in [-0.15, -0.1) is 0 Å². The van der Waals surface area contributed by atoms with E-state index in [-0.39, 0.29) is 5.75 Å². The zero-order valence-corrected chi connectivity index (χ0v) is 9.84. The predicted molar refractivity (Wildman–Crippen MR) is 69.0 cm³/mol. The minimum atomic E-state index is 0.278. The number of hydrogen-bond donors (Lipinski definition) is 2. The number of benzene rings is 2. The molecule has 17 heavy (non-hydrogen) atoms. The van der Waals surface area contributed by atoms with Gasteiger partial charge in [-0.05, 0) is 18.2 Å². The van der Waals surface area contributed by atoms with Gasteiger partial charge in [0.05, 0.1) is 7.11 Å². The molecule has 0 aliphatic heterocycles. The van der Waals surface area contributed by atoms with Gasteiger partial charge in [0.2, 0.25) is 0 Å². The molecule has 0 amide bonds. The van der Waals surface area contributed by atoms with Crippen LogP contribution in [0.15, 0.2) is 54.6 Å². The van der Waals surface area contributed by atoms with Gasteiger partial charge >= 0.3 is 0 Å². The third-order valence-corrected chi connectivity index (χ3v) is 2.19. The van der Waals surface area contributed by atoms with E-state index in [4.69, 9.17) is 15.6 Å². The first-order valence-corrected chi connectivity index (χ1v) is 5.34. The maximum absolute atomic E-state index is 9.03. The highest BCUT2D eigenvalue weighted by atomic mass is 16.5.